The number of hydrogen-bond donors (Lipinski definition) is 1. The first-order valence-electron chi connectivity index (χ1n) is 11.4. The molecular formula is C26H28N2O6. The number of aromatic nitrogens is 1. The minimum Gasteiger partial charge on any atom is -0.493 e. The Kier molecular flexibility index (Phi) is 7.47. The van der Waals surface area contributed by atoms with E-state index in [1.165, 1.54) is 0 Å². The molecule has 0 saturated carbocycles. The Morgan fingerprint density at radius 2 is 1.85 bits per heavy atom. The van der Waals surface area contributed by atoms with Crippen molar-refractivity contribution in [1.82, 2.24) is 10.3 Å². The number of carbonyl (C=O) groups excluding carboxylic acids is 2. The van der Waals surface area contributed by atoms with Gasteiger partial charge in [-0.1, -0.05) is 30.7 Å². The van der Waals surface area contributed by atoms with Crippen LogP contribution in [0.15, 0.2) is 52.9 Å². The van der Waals surface area contributed by atoms with Crippen LogP contribution in [-0.2, 0) is 22.6 Å². The Bertz CT molecular complexity index is 1140. The minimum atomic E-state index is -0.653. The summed E-state index contributed by atoms with van der Waals surface area (Å²) < 4.78 is 22.3. The summed E-state index contributed by atoms with van der Waals surface area (Å²) in [5.74, 6) is 2.26. The highest BCUT2D eigenvalue weighted by molar-refractivity contribution is 5.99. The van der Waals surface area contributed by atoms with Crippen LogP contribution in [-0.4, -0.2) is 30.2 Å². The average molecular weight is 465 g/mol. The smallest absolute Gasteiger partial charge is 0.414 e. The summed E-state index contributed by atoms with van der Waals surface area (Å²) in [5, 5.41) is 2.15. The van der Waals surface area contributed by atoms with Gasteiger partial charge < -0.3 is 18.6 Å². The second-order valence-corrected chi connectivity index (χ2v) is 8.14. The first kappa shape index (κ1) is 23.4. The number of unbranched alkanes of at least 4 members (excludes halogenated alkanes) is 2. The lowest BCUT2D eigenvalue weighted by molar-refractivity contribution is -0.123. The van der Waals surface area contributed by atoms with Gasteiger partial charge in [0.15, 0.2) is 17.6 Å². The molecule has 1 atom stereocenters. The van der Waals surface area contributed by atoms with E-state index in [1.807, 2.05) is 55.5 Å². The monoisotopic (exact) mass is 464 g/mol. The Hall–Kier alpha value is -3.81. The summed E-state index contributed by atoms with van der Waals surface area (Å²) in [6.07, 6.45) is 2.80. The highest BCUT2D eigenvalue weighted by atomic mass is 16.6. The molecule has 1 aliphatic rings. The molecule has 2 aromatic carbocycles. The zero-order valence-electron chi connectivity index (χ0n) is 19.3. The maximum Gasteiger partial charge on any atom is 0.414 e. The normalized spacial score (nSPS) is 15.2. The molecule has 1 N–H and O–H groups in total. The van der Waals surface area contributed by atoms with Gasteiger partial charge in [-0.3, -0.25) is 10.1 Å². The number of nitrogens with one attached hydrogen (secondary N) is 1. The molecule has 0 radical (unpaired) electrons. The number of rotatable bonds is 11. The summed E-state index contributed by atoms with van der Waals surface area (Å²) >= 11 is 0. The molecule has 1 fully saturated rings. The molecule has 34 heavy (non-hydrogen) atoms. The zero-order valence-corrected chi connectivity index (χ0v) is 19.3. The van der Waals surface area contributed by atoms with Crippen LogP contribution in [0.3, 0.4) is 0 Å². The summed E-state index contributed by atoms with van der Waals surface area (Å²) in [4.78, 5) is 27.1. The lowest BCUT2D eigenvalue weighted by Gasteiger charge is -2.12. The SMILES string of the molecule is COc1cc(CCCCCC2OC(=O)NC2=O)ccc1OCc1nc(-c2ccccc2)oc1C. The molecule has 8 nitrogen and oxygen atoms in total. The average Bonchev–Trinajstić information content (AvgIpc) is 3.38. The van der Waals surface area contributed by atoms with E-state index in [-0.39, 0.29) is 12.5 Å². The van der Waals surface area contributed by atoms with Gasteiger partial charge >= 0.3 is 6.09 Å². The van der Waals surface area contributed by atoms with Gasteiger partial charge in [0, 0.05) is 5.56 Å². The van der Waals surface area contributed by atoms with Crippen LogP contribution in [0.2, 0.25) is 0 Å². The highest BCUT2D eigenvalue weighted by Crippen LogP contribution is 2.30. The highest BCUT2D eigenvalue weighted by Gasteiger charge is 2.31. The van der Waals surface area contributed by atoms with Gasteiger partial charge in [0.05, 0.1) is 7.11 Å². The lowest BCUT2D eigenvalue weighted by atomic mass is 10.0. The standard InChI is InChI=1S/C26H28N2O6/c1-17-20(27-25(33-17)19-10-6-4-7-11-19)16-32-21-14-13-18(15-23(21)31-2)9-5-3-8-12-22-24(29)28-26(30)34-22/h4,6-7,10-11,13-15,22H,3,5,8-9,12,16H2,1-2H3,(H,28,29,30). The van der Waals surface area contributed by atoms with Crippen molar-refractivity contribution in [1.29, 1.82) is 0 Å². The van der Waals surface area contributed by atoms with Gasteiger partial charge in [0.25, 0.3) is 5.91 Å². The van der Waals surface area contributed by atoms with E-state index < -0.39 is 12.2 Å². The van der Waals surface area contributed by atoms with Crippen LogP contribution in [0.4, 0.5) is 4.79 Å². The van der Waals surface area contributed by atoms with Crippen LogP contribution in [0.25, 0.3) is 11.5 Å². The lowest BCUT2D eigenvalue weighted by Crippen LogP contribution is -2.24. The molecule has 1 unspecified atom stereocenters. The number of methoxy groups -OCH3 is 1. The van der Waals surface area contributed by atoms with Gasteiger partial charge in [-0.2, -0.15) is 0 Å². The largest absolute Gasteiger partial charge is 0.493 e. The third-order valence-corrected chi connectivity index (χ3v) is 5.70. The molecule has 178 valence electrons. The molecule has 2 amide bonds. The van der Waals surface area contributed by atoms with Crippen molar-refractivity contribution in [2.24, 2.45) is 0 Å². The van der Waals surface area contributed by atoms with E-state index in [4.69, 9.17) is 18.6 Å². The number of amides is 2. The number of aryl methyl sites for hydroxylation is 2. The fourth-order valence-corrected chi connectivity index (χ4v) is 3.82. The van der Waals surface area contributed by atoms with E-state index in [0.29, 0.717) is 23.8 Å². The molecule has 1 aliphatic heterocycles. The van der Waals surface area contributed by atoms with Crippen molar-refractivity contribution in [2.45, 2.75) is 51.7 Å². The van der Waals surface area contributed by atoms with Crippen LogP contribution in [0.1, 0.15) is 42.7 Å². The zero-order chi connectivity index (χ0) is 23.9. The minimum absolute atomic E-state index is 0.275. The molecule has 1 aromatic heterocycles. The number of benzene rings is 2. The third-order valence-electron chi connectivity index (χ3n) is 5.70. The third kappa shape index (κ3) is 5.75. The Morgan fingerprint density at radius 1 is 1.03 bits per heavy atom. The van der Waals surface area contributed by atoms with E-state index in [0.717, 1.165) is 48.3 Å². The van der Waals surface area contributed by atoms with Crippen molar-refractivity contribution < 1.29 is 28.2 Å². The number of oxazole rings is 1. The molecule has 1 saturated heterocycles. The van der Waals surface area contributed by atoms with Crippen molar-refractivity contribution in [2.75, 3.05) is 7.11 Å². The van der Waals surface area contributed by atoms with E-state index in [1.54, 1.807) is 7.11 Å². The fraction of sp³-hybridized carbons (Fsp3) is 0.346. The van der Waals surface area contributed by atoms with Crippen LogP contribution in [0, 0.1) is 6.92 Å². The Labute approximate surface area is 198 Å². The van der Waals surface area contributed by atoms with Gasteiger partial charge in [0.2, 0.25) is 5.89 Å². The fourth-order valence-electron chi connectivity index (χ4n) is 3.82. The number of cyclic esters (lactones) is 1. The maximum atomic E-state index is 11.5. The first-order chi connectivity index (χ1) is 16.5. The molecule has 3 aromatic rings. The maximum absolute atomic E-state index is 11.5. The number of nitrogens with zero attached hydrogens (tertiary/aromatic N) is 1. The van der Waals surface area contributed by atoms with Gasteiger partial charge in [0.1, 0.15) is 18.1 Å². The second kappa shape index (κ2) is 10.9. The van der Waals surface area contributed by atoms with Crippen molar-refractivity contribution in [3.63, 3.8) is 0 Å². The van der Waals surface area contributed by atoms with Crippen LogP contribution in [0.5, 0.6) is 11.5 Å². The van der Waals surface area contributed by atoms with Gasteiger partial charge in [-0.25, -0.2) is 9.78 Å². The molecule has 4 rings (SSSR count). The number of imide groups is 1. The predicted molar refractivity (Wildman–Crippen MR) is 125 cm³/mol. The molecule has 2 heterocycles. The van der Waals surface area contributed by atoms with Gasteiger partial charge in [-0.05, 0) is 62.4 Å². The second-order valence-electron chi connectivity index (χ2n) is 8.14. The van der Waals surface area contributed by atoms with Crippen molar-refractivity contribution in [3.8, 4) is 23.0 Å². The number of hydrogen-bond acceptors (Lipinski definition) is 7. The molecule has 0 spiro atoms. The van der Waals surface area contributed by atoms with Crippen molar-refractivity contribution in [3.05, 3.63) is 65.5 Å². The first-order valence-corrected chi connectivity index (χ1v) is 11.4. The molecule has 0 bridgehead atoms. The Balaban J connectivity index is 1.27. The number of carbonyl (C=O) groups is 2. The summed E-state index contributed by atoms with van der Waals surface area (Å²) in [6.45, 7) is 2.15. The van der Waals surface area contributed by atoms with Crippen LogP contribution < -0.4 is 14.8 Å². The van der Waals surface area contributed by atoms with Gasteiger partial charge in [-0.15, -0.1) is 0 Å². The van der Waals surface area contributed by atoms with E-state index in [9.17, 15) is 9.59 Å². The molecule has 8 heteroatoms. The quantitative estimate of drug-likeness (QED) is 0.400. The number of alkyl carbamates (subject to hydrolysis) is 1. The predicted octanol–water partition coefficient (Wildman–Crippen LogP) is 4.98. The van der Waals surface area contributed by atoms with Crippen molar-refractivity contribution >= 4 is 12.0 Å². The van der Waals surface area contributed by atoms with E-state index >= 15 is 0 Å². The molecule has 0 aliphatic carbocycles. The van der Waals surface area contributed by atoms with E-state index in [2.05, 4.69) is 10.3 Å². The summed E-state index contributed by atoms with van der Waals surface area (Å²) in [5.41, 5.74) is 2.80. The Morgan fingerprint density at radius 3 is 2.59 bits per heavy atom. The topological polar surface area (TPSA) is 99.9 Å². The van der Waals surface area contributed by atoms with Crippen LogP contribution >= 0.6 is 0 Å². The summed E-state index contributed by atoms with van der Waals surface area (Å²) in [6, 6.07) is 15.7. The number of ether oxygens (including phenoxy) is 3. The summed E-state index contributed by atoms with van der Waals surface area (Å²) in [7, 11) is 1.62. The molecular weight excluding hydrogens is 436 g/mol.